The molecular weight excluding hydrogens is 478 g/mol. The fourth-order valence-electron chi connectivity index (χ4n) is 2.95. The zero-order chi connectivity index (χ0) is 24.3. The van der Waals surface area contributed by atoms with Gasteiger partial charge in [-0.05, 0) is 25.1 Å². The number of nitrogens with zero attached hydrogens (tertiary/aromatic N) is 4. The Morgan fingerprint density at radius 1 is 1.03 bits per heavy atom. The van der Waals surface area contributed by atoms with Gasteiger partial charge in [-0.2, -0.15) is 5.10 Å². The summed E-state index contributed by atoms with van der Waals surface area (Å²) >= 11 is 5.86. The highest BCUT2D eigenvalue weighted by Crippen LogP contribution is 2.31. The first-order chi connectivity index (χ1) is 15.5. The second-order valence-corrected chi connectivity index (χ2v) is 8.99. The van der Waals surface area contributed by atoms with E-state index in [1.165, 1.54) is 12.1 Å². The van der Waals surface area contributed by atoms with E-state index >= 15 is 0 Å². The third-order valence-corrected chi connectivity index (χ3v) is 6.34. The fourth-order valence-corrected chi connectivity index (χ4v) is 4.13. The number of halogens is 1. The first-order valence-electron chi connectivity index (χ1n) is 9.27. The van der Waals surface area contributed by atoms with E-state index in [9.17, 15) is 33.4 Å². The van der Waals surface area contributed by atoms with E-state index in [-0.39, 0.29) is 18.7 Å². The number of nitro benzene ring substituents is 2. The molecule has 0 spiro atoms. The molecule has 33 heavy (non-hydrogen) atoms. The van der Waals surface area contributed by atoms with Gasteiger partial charge in [0, 0.05) is 35.3 Å². The summed E-state index contributed by atoms with van der Waals surface area (Å²) in [5, 5.41) is 27.1. The van der Waals surface area contributed by atoms with Crippen molar-refractivity contribution in [3.05, 3.63) is 89.7 Å². The van der Waals surface area contributed by atoms with E-state index in [0.717, 1.165) is 23.7 Å². The van der Waals surface area contributed by atoms with Crippen LogP contribution in [0.4, 0.5) is 11.4 Å². The van der Waals surface area contributed by atoms with Crippen LogP contribution in [0.25, 0.3) is 11.3 Å². The third-order valence-electron chi connectivity index (χ3n) is 4.65. The van der Waals surface area contributed by atoms with Crippen LogP contribution in [0.5, 0.6) is 0 Å². The van der Waals surface area contributed by atoms with E-state index in [1.807, 2.05) is 0 Å². The van der Waals surface area contributed by atoms with Gasteiger partial charge in [-0.25, -0.2) is 17.8 Å². The second kappa shape index (κ2) is 9.44. The maximum Gasteiger partial charge on any atom is 0.280 e. The quantitative estimate of drug-likeness (QED) is 0.369. The van der Waals surface area contributed by atoms with Crippen LogP contribution in [0.2, 0.25) is 5.02 Å². The van der Waals surface area contributed by atoms with Crippen molar-refractivity contribution in [2.75, 3.05) is 6.54 Å². The van der Waals surface area contributed by atoms with E-state index in [1.54, 1.807) is 24.3 Å². The molecule has 0 fully saturated rings. The van der Waals surface area contributed by atoms with Crippen LogP contribution < -0.4 is 10.3 Å². The molecule has 0 saturated heterocycles. The van der Waals surface area contributed by atoms with Crippen LogP contribution in [0.15, 0.2) is 58.2 Å². The SMILES string of the molecule is Cc1c([N+](=O)[O-])cc(S(=O)(=O)NCCn2nc(-c3ccc(Cl)cc3)ccc2=O)cc1[N+](=O)[O-]. The molecule has 0 radical (unpaired) electrons. The maximum atomic E-state index is 12.6. The minimum atomic E-state index is -4.36. The van der Waals surface area contributed by atoms with Crippen LogP contribution >= 0.6 is 11.6 Å². The highest BCUT2D eigenvalue weighted by molar-refractivity contribution is 7.89. The molecule has 14 heteroatoms. The summed E-state index contributed by atoms with van der Waals surface area (Å²) < 4.78 is 28.5. The average Bonchev–Trinajstić information content (AvgIpc) is 2.75. The molecule has 0 aliphatic rings. The van der Waals surface area contributed by atoms with Gasteiger partial charge in [0.15, 0.2) is 0 Å². The molecule has 0 atom stereocenters. The van der Waals surface area contributed by atoms with Gasteiger partial charge in [0.25, 0.3) is 16.9 Å². The minimum Gasteiger partial charge on any atom is -0.268 e. The molecule has 12 nitrogen and oxygen atoms in total. The van der Waals surface area contributed by atoms with Crippen molar-refractivity contribution in [3.8, 4) is 11.3 Å². The molecular formula is C19H16ClN5O7S. The van der Waals surface area contributed by atoms with E-state index < -0.39 is 41.7 Å². The van der Waals surface area contributed by atoms with Crippen LogP contribution in [0.3, 0.4) is 0 Å². The molecule has 0 saturated carbocycles. The molecule has 3 aromatic rings. The summed E-state index contributed by atoms with van der Waals surface area (Å²) in [5.74, 6) is 0. The molecule has 1 N–H and O–H groups in total. The Morgan fingerprint density at radius 2 is 1.61 bits per heavy atom. The Kier molecular flexibility index (Phi) is 6.86. The van der Waals surface area contributed by atoms with Crippen LogP contribution in [-0.2, 0) is 16.6 Å². The largest absolute Gasteiger partial charge is 0.280 e. The number of rotatable bonds is 8. The van der Waals surface area contributed by atoms with Crippen molar-refractivity contribution in [1.29, 1.82) is 0 Å². The van der Waals surface area contributed by atoms with Crippen molar-refractivity contribution in [2.45, 2.75) is 18.4 Å². The van der Waals surface area contributed by atoms with E-state index in [0.29, 0.717) is 16.3 Å². The maximum absolute atomic E-state index is 12.6. The summed E-state index contributed by atoms with van der Waals surface area (Å²) in [5.41, 5.74) is -0.990. The molecule has 0 aliphatic carbocycles. The van der Waals surface area contributed by atoms with Crippen molar-refractivity contribution >= 4 is 33.0 Å². The third kappa shape index (κ3) is 5.39. The number of hydrogen-bond donors (Lipinski definition) is 1. The van der Waals surface area contributed by atoms with Crippen molar-refractivity contribution in [3.63, 3.8) is 0 Å². The monoisotopic (exact) mass is 493 g/mol. The number of nitro groups is 2. The molecule has 0 amide bonds. The van der Waals surface area contributed by atoms with Crippen LogP contribution in [0.1, 0.15) is 5.56 Å². The van der Waals surface area contributed by atoms with Gasteiger partial charge in [0.1, 0.15) is 5.56 Å². The normalized spacial score (nSPS) is 11.3. The standard InChI is InChI=1S/C19H16ClN5O7S/c1-12-17(24(27)28)10-15(11-18(12)25(29)30)33(31,32)21-8-9-23-19(26)7-6-16(22-23)13-2-4-14(20)5-3-13/h2-7,10-11,21H,8-9H2,1H3. The summed E-state index contributed by atoms with van der Waals surface area (Å²) in [6, 6.07) is 11.0. The lowest BCUT2D eigenvalue weighted by atomic mass is 10.1. The highest BCUT2D eigenvalue weighted by atomic mass is 35.5. The van der Waals surface area contributed by atoms with Crippen molar-refractivity contribution in [2.24, 2.45) is 0 Å². The fraction of sp³-hybridized carbons (Fsp3) is 0.158. The Bertz CT molecular complexity index is 1370. The van der Waals surface area contributed by atoms with Gasteiger partial charge in [0.2, 0.25) is 10.0 Å². The van der Waals surface area contributed by atoms with Crippen LogP contribution in [0, 0.1) is 27.2 Å². The van der Waals surface area contributed by atoms with Gasteiger partial charge in [-0.3, -0.25) is 25.0 Å². The van der Waals surface area contributed by atoms with Gasteiger partial charge in [-0.1, -0.05) is 23.7 Å². The Balaban J connectivity index is 1.83. The molecule has 0 unspecified atom stereocenters. The lowest BCUT2D eigenvalue weighted by Gasteiger charge is -2.10. The summed E-state index contributed by atoms with van der Waals surface area (Å²) in [4.78, 5) is 32.1. The number of benzene rings is 2. The van der Waals surface area contributed by atoms with E-state index in [4.69, 9.17) is 11.6 Å². The average molecular weight is 494 g/mol. The first-order valence-corrected chi connectivity index (χ1v) is 11.1. The summed E-state index contributed by atoms with van der Waals surface area (Å²) in [6.07, 6.45) is 0. The Morgan fingerprint density at radius 3 is 2.15 bits per heavy atom. The summed E-state index contributed by atoms with van der Waals surface area (Å²) in [7, 11) is -4.36. The molecule has 1 aromatic heterocycles. The topological polar surface area (TPSA) is 167 Å². The molecule has 1 heterocycles. The Labute approximate surface area is 191 Å². The van der Waals surface area contributed by atoms with Crippen molar-refractivity contribution in [1.82, 2.24) is 14.5 Å². The lowest BCUT2D eigenvalue weighted by molar-refractivity contribution is -0.395. The first kappa shape index (κ1) is 24.0. The predicted octanol–water partition coefficient (Wildman–Crippen LogP) is 2.67. The molecule has 0 aliphatic heterocycles. The van der Waals surface area contributed by atoms with Crippen LogP contribution in [-0.4, -0.2) is 34.6 Å². The van der Waals surface area contributed by atoms with Gasteiger partial charge in [0.05, 0.1) is 27.0 Å². The zero-order valence-electron chi connectivity index (χ0n) is 17.0. The Hall–Kier alpha value is -3.68. The number of nitrogens with one attached hydrogen (secondary N) is 1. The highest BCUT2D eigenvalue weighted by Gasteiger charge is 2.27. The smallest absolute Gasteiger partial charge is 0.268 e. The number of aromatic nitrogens is 2. The zero-order valence-corrected chi connectivity index (χ0v) is 18.5. The lowest BCUT2D eigenvalue weighted by Crippen LogP contribution is -2.32. The molecule has 0 bridgehead atoms. The van der Waals surface area contributed by atoms with Crippen molar-refractivity contribution < 1.29 is 18.3 Å². The second-order valence-electron chi connectivity index (χ2n) is 6.79. The minimum absolute atomic E-state index is 0.157. The van der Waals surface area contributed by atoms with E-state index in [2.05, 4.69) is 9.82 Å². The predicted molar refractivity (Wildman–Crippen MR) is 119 cm³/mol. The van der Waals surface area contributed by atoms with Gasteiger partial charge < -0.3 is 0 Å². The summed E-state index contributed by atoms with van der Waals surface area (Å²) in [6.45, 7) is 0.705. The number of sulfonamides is 1. The van der Waals surface area contributed by atoms with Gasteiger partial charge in [-0.15, -0.1) is 0 Å². The molecule has 172 valence electrons. The number of hydrogen-bond acceptors (Lipinski definition) is 8. The molecule has 2 aromatic carbocycles. The molecule has 3 rings (SSSR count). The van der Waals surface area contributed by atoms with Gasteiger partial charge >= 0.3 is 0 Å².